The smallest absolute Gasteiger partial charge is 0.109 e. The molecule has 2 nitrogen and oxygen atoms in total. The van der Waals surface area contributed by atoms with Crippen LogP contribution >= 0.6 is 7.14 Å². The number of hydrogen-bond donors (Lipinski definition) is 1. The second kappa shape index (κ2) is 6.28. The summed E-state index contributed by atoms with van der Waals surface area (Å²) in [4.78, 5) is 0. The summed E-state index contributed by atoms with van der Waals surface area (Å²) >= 11 is 0. The highest BCUT2D eigenvalue weighted by Gasteiger charge is 2.09. The fraction of sp³-hybridized carbons (Fsp3) is 0.294. The van der Waals surface area contributed by atoms with Crippen LogP contribution in [0.3, 0.4) is 0 Å². The summed E-state index contributed by atoms with van der Waals surface area (Å²) in [5.74, 6) is 0. The standard InChI is InChI=1S/C17H22NOP/c1-4-14-5-7-15(8-6-14)13-18-16-9-11-17(12-10-16)20(2,3)19/h5-12,18H,4,13H2,1-3H3. The van der Waals surface area contributed by atoms with Gasteiger partial charge in [-0.3, -0.25) is 0 Å². The lowest BCUT2D eigenvalue weighted by molar-refractivity contribution is 0.588. The molecule has 2 aromatic carbocycles. The minimum atomic E-state index is -2.15. The molecule has 0 spiro atoms. The zero-order valence-electron chi connectivity index (χ0n) is 12.4. The Bertz CT molecular complexity index is 596. The first-order valence-electron chi connectivity index (χ1n) is 6.96. The largest absolute Gasteiger partial charge is 0.381 e. The van der Waals surface area contributed by atoms with E-state index < -0.39 is 7.14 Å². The molecule has 0 saturated carbocycles. The average Bonchev–Trinajstić information content (AvgIpc) is 2.45. The maximum Gasteiger partial charge on any atom is 0.109 e. The van der Waals surface area contributed by atoms with Crippen LogP contribution in [0.15, 0.2) is 48.5 Å². The lowest BCUT2D eigenvalue weighted by Crippen LogP contribution is -2.04. The molecule has 0 aromatic heterocycles. The molecule has 0 aliphatic heterocycles. The van der Waals surface area contributed by atoms with Gasteiger partial charge in [0.25, 0.3) is 0 Å². The maximum atomic E-state index is 11.9. The summed E-state index contributed by atoms with van der Waals surface area (Å²) in [5, 5.41) is 4.31. The van der Waals surface area contributed by atoms with Gasteiger partial charge < -0.3 is 9.88 Å². The summed E-state index contributed by atoms with van der Waals surface area (Å²) in [6.07, 6.45) is 1.07. The molecule has 0 aliphatic carbocycles. The number of rotatable bonds is 5. The predicted octanol–water partition coefficient (Wildman–Crippen LogP) is 4.11. The predicted molar refractivity (Wildman–Crippen MR) is 88.7 cm³/mol. The molecular formula is C17H22NOP. The molecule has 106 valence electrons. The van der Waals surface area contributed by atoms with E-state index in [1.165, 1.54) is 11.1 Å². The molecule has 0 bridgehead atoms. The second-order valence-electron chi connectivity index (χ2n) is 5.42. The minimum absolute atomic E-state index is 0.805. The van der Waals surface area contributed by atoms with Crippen molar-refractivity contribution in [3.63, 3.8) is 0 Å². The molecule has 1 N–H and O–H groups in total. The number of nitrogens with one attached hydrogen (secondary N) is 1. The zero-order valence-corrected chi connectivity index (χ0v) is 13.3. The fourth-order valence-electron chi connectivity index (χ4n) is 2.04. The van der Waals surface area contributed by atoms with Crippen molar-refractivity contribution in [2.24, 2.45) is 0 Å². The van der Waals surface area contributed by atoms with Crippen molar-refractivity contribution < 1.29 is 4.57 Å². The number of hydrogen-bond acceptors (Lipinski definition) is 2. The Morgan fingerprint density at radius 2 is 1.45 bits per heavy atom. The maximum absolute atomic E-state index is 11.9. The summed E-state index contributed by atoms with van der Waals surface area (Å²) in [6, 6.07) is 16.5. The van der Waals surface area contributed by atoms with E-state index in [-0.39, 0.29) is 0 Å². The zero-order chi connectivity index (χ0) is 14.6. The molecule has 0 heterocycles. The van der Waals surface area contributed by atoms with E-state index in [0.717, 1.165) is 24.0 Å². The Balaban J connectivity index is 1.98. The van der Waals surface area contributed by atoms with Gasteiger partial charge in [0.15, 0.2) is 0 Å². The summed E-state index contributed by atoms with van der Waals surface area (Å²) in [7, 11) is -2.15. The fourth-order valence-corrected chi connectivity index (χ4v) is 2.90. The Hall–Kier alpha value is -1.53. The van der Waals surface area contributed by atoms with Crippen molar-refractivity contribution in [3.05, 3.63) is 59.7 Å². The van der Waals surface area contributed by atoms with Crippen molar-refractivity contribution in [2.45, 2.75) is 19.9 Å². The molecular weight excluding hydrogens is 265 g/mol. The van der Waals surface area contributed by atoms with Crippen LogP contribution in [0.1, 0.15) is 18.1 Å². The lowest BCUT2D eigenvalue weighted by Gasteiger charge is -2.10. The van der Waals surface area contributed by atoms with Crippen molar-refractivity contribution >= 4 is 18.1 Å². The van der Waals surface area contributed by atoms with E-state index in [0.29, 0.717) is 0 Å². The molecule has 0 atom stereocenters. The Kier molecular flexibility index (Phi) is 4.67. The first-order chi connectivity index (χ1) is 9.49. The Morgan fingerprint density at radius 3 is 1.95 bits per heavy atom. The normalized spacial score (nSPS) is 11.3. The average molecular weight is 287 g/mol. The van der Waals surface area contributed by atoms with Crippen molar-refractivity contribution in [1.29, 1.82) is 0 Å². The van der Waals surface area contributed by atoms with Gasteiger partial charge in [0.05, 0.1) is 0 Å². The topological polar surface area (TPSA) is 29.1 Å². The number of anilines is 1. The Morgan fingerprint density at radius 1 is 0.900 bits per heavy atom. The second-order valence-corrected chi connectivity index (χ2v) is 8.64. The minimum Gasteiger partial charge on any atom is -0.381 e. The molecule has 2 rings (SSSR count). The van der Waals surface area contributed by atoms with E-state index in [1.807, 2.05) is 24.3 Å². The van der Waals surface area contributed by atoms with Crippen LogP contribution in [0.2, 0.25) is 0 Å². The van der Waals surface area contributed by atoms with E-state index in [1.54, 1.807) is 13.3 Å². The van der Waals surface area contributed by atoms with Gasteiger partial charge in [-0.25, -0.2) is 0 Å². The first kappa shape index (κ1) is 14.9. The molecule has 0 fully saturated rings. The van der Waals surface area contributed by atoms with Gasteiger partial charge in [-0.1, -0.05) is 31.2 Å². The van der Waals surface area contributed by atoms with Crippen LogP contribution in [0.25, 0.3) is 0 Å². The number of benzene rings is 2. The quantitative estimate of drug-likeness (QED) is 0.838. The van der Waals surface area contributed by atoms with Crippen molar-refractivity contribution in [2.75, 3.05) is 18.6 Å². The highest BCUT2D eigenvalue weighted by atomic mass is 31.2. The van der Waals surface area contributed by atoms with Crippen LogP contribution in [-0.2, 0) is 17.5 Å². The molecule has 20 heavy (non-hydrogen) atoms. The molecule has 3 heteroatoms. The molecule has 0 aliphatic rings. The highest BCUT2D eigenvalue weighted by Crippen LogP contribution is 2.34. The Labute approximate surface area is 121 Å². The summed E-state index contributed by atoms with van der Waals surface area (Å²) < 4.78 is 11.9. The molecule has 0 amide bonds. The molecule has 0 saturated heterocycles. The van der Waals surface area contributed by atoms with Gasteiger partial charge in [0.2, 0.25) is 0 Å². The monoisotopic (exact) mass is 287 g/mol. The third-order valence-electron chi connectivity index (χ3n) is 3.42. The summed E-state index contributed by atoms with van der Waals surface area (Å²) in [5.41, 5.74) is 3.68. The third-order valence-corrected chi connectivity index (χ3v) is 4.96. The first-order valence-corrected chi connectivity index (χ1v) is 9.56. The SMILES string of the molecule is CCc1ccc(CNc2ccc(P(C)(C)=O)cc2)cc1. The van der Waals surface area contributed by atoms with E-state index >= 15 is 0 Å². The van der Waals surface area contributed by atoms with Gasteiger partial charge in [0, 0.05) is 17.5 Å². The molecule has 2 aromatic rings. The van der Waals surface area contributed by atoms with Crippen molar-refractivity contribution in [1.82, 2.24) is 0 Å². The van der Waals surface area contributed by atoms with Crippen LogP contribution in [0.4, 0.5) is 5.69 Å². The van der Waals surface area contributed by atoms with Gasteiger partial charge >= 0.3 is 0 Å². The molecule has 0 radical (unpaired) electrons. The van der Waals surface area contributed by atoms with Gasteiger partial charge in [-0.15, -0.1) is 0 Å². The summed E-state index contributed by atoms with van der Waals surface area (Å²) in [6.45, 7) is 6.56. The van der Waals surface area contributed by atoms with Gasteiger partial charge in [-0.05, 0) is 55.1 Å². The van der Waals surface area contributed by atoms with E-state index in [2.05, 4.69) is 36.5 Å². The van der Waals surface area contributed by atoms with Crippen LogP contribution in [-0.4, -0.2) is 13.3 Å². The van der Waals surface area contributed by atoms with Crippen molar-refractivity contribution in [3.8, 4) is 0 Å². The third kappa shape index (κ3) is 3.98. The van der Waals surface area contributed by atoms with E-state index in [9.17, 15) is 4.57 Å². The highest BCUT2D eigenvalue weighted by molar-refractivity contribution is 7.70. The van der Waals surface area contributed by atoms with E-state index in [4.69, 9.17) is 0 Å². The number of aryl methyl sites for hydroxylation is 1. The van der Waals surface area contributed by atoms with Gasteiger partial charge in [-0.2, -0.15) is 0 Å². The molecule has 0 unspecified atom stereocenters. The lowest BCUT2D eigenvalue weighted by atomic mass is 10.1. The van der Waals surface area contributed by atoms with Crippen LogP contribution in [0, 0.1) is 0 Å². The van der Waals surface area contributed by atoms with Crippen LogP contribution < -0.4 is 10.6 Å². The van der Waals surface area contributed by atoms with Gasteiger partial charge in [0.1, 0.15) is 7.14 Å². The van der Waals surface area contributed by atoms with Crippen LogP contribution in [0.5, 0.6) is 0 Å².